The fourth-order valence-corrected chi connectivity index (χ4v) is 4.07. The molecular weight excluding hydrogens is 320 g/mol. The van der Waals surface area contributed by atoms with Crippen LogP contribution in [-0.4, -0.2) is 11.7 Å². The number of benzene rings is 2. The molecule has 0 aromatic heterocycles. The second kappa shape index (κ2) is 7.92. The van der Waals surface area contributed by atoms with Gasteiger partial charge >= 0.3 is 0 Å². The third kappa shape index (κ3) is 3.91. The second-order valence-electron chi connectivity index (χ2n) is 7.51. The van der Waals surface area contributed by atoms with Crippen molar-refractivity contribution in [3.8, 4) is 11.5 Å². The molecule has 0 aliphatic heterocycles. The van der Waals surface area contributed by atoms with E-state index in [1.807, 2.05) is 48.5 Å². The van der Waals surface area contributed by atoms with Gasteiger partial charge < -0.3 is 9.84 Å². The van der Waals surface area contributed by atoms with Crippen molar-refractivity contribution < 1.29 is 9.84 Å². The van der Waals surface area contributed by atoms with Crippen molar-refractivity contribution in [1.29, 1.82) is 0 Å². The van der Waals surface area contributed by atoms with Crippen LogP contribution in [0, 0.1) is 11.3 Å². The highest BCUT2D eigenvalue weighted by molar-refractivity contribution is 5.35. The van der Waals surface area contributed by atoms with E-state index in [-0.39, 0.29) is 12.0 Å². The van der Waals surface area contributed by atoms with E-state index < -0.39 is 0 Å². The first-order valence-corrected chi connectivity index (χ1v) is 9.29. The van der Waals surface area contributed by atoms with Gasteiger partial charge in [-0.3, -0.25) is 0 Å². The molecule has 1 saturated carbocycles. The average Bonchev–Trinajstić information content (AvgIpc) is 2.69. The van der Waals surface area contributed by atoms with E-state index in [4.69, 9.17) is 4.74 Å². The van der Waals surface area contributed by atoms with Crippen molar-refractivity contribution in [2.24, 2.45) is 11.3 Å². The molecule has 0 heterocycles. The molecule has 0 saturated heterocycles. The monoisotopic (exact) mass is 348 g/mol. The van der Waals surface area contributed by atoms with Gasteiger partial charge in [-0.2, -0.15) is 0 Å². The summed E-state index contributed by atoms with van der Waals surface area (Å²) in [6.07, 6.45) is 4.86. The summed E-state index contributed by atoms with van der Waals surface area (Å²) in [4.78, 5) is 0. The largest absolute Gasteiger partial charge is 0.457 e. The Hall–Kier alpha value is -2.32. The summed E-state index contributed by atoms with van der Waals surface area (Å²) < 4.78 is 5.90. The highest BCUT2D eigenvalue weighted by Crippen LogP contribution is 2.49. The van der Waals surface area contributed by atoms with Crippen LogP contribution in [0.1, 0.15) is 37.7 Å². The molecule has 2 aromatic carbocycles. The van der Waals surface area contributed by atoms with Crippen LogP contribution >= 0.6 is 0 Å². The molecule has 2 heteroatoms. The molecule has 0 amide bonds. The molecule has 3 atom stereocenters. The lowest BCUT2D eigenvalue weighted by Crippen LogP contribution is -2.34. The molecular formula is C24H28O2. The Labute approximate surface area is 156 Å². The number of aliphatic hydroxyl groups excluding tert-OH is 1. The van der Waals surface area contributed by atoms with Gasteiger partial charge in [0.05, 0.1) is 6.61 Å². The summed E-state index contributed by atoms with van der Waals surface area (Å²) in [5.41, 5.74) is 2.31. The number of ether oxygens (including phenoxy) is 1. The Morgan fingerprint density at radius 3 is 2.38 bits per heavy atom. The van der Waals surface area contributed by atoms with E-state index >= 15 is 0 Å². The predicted octanol–water partition coefficient (Wildman–Crippen LogP) is 6.10. The Balaban J connectivity index is 1.82. The molecule has 2 aromatic rings. The van der Waals surface area contributed by atoms with Crippen LogP contribution in [-0.2, 0) is 0 Å². The summed E-state index contributed by atoms with van der Waals surface area (Å²) in [5.74, 6) is 2.45. The Kier molecular flexibility index (Phi) is 5.63. The van der Waals surface area contributed by atoms with Crippen molar-refractivity contribution in [2.45, 2.75) is 32.1 Å². The van der Waals surface area contributed by atoms with Crippen LogP contribution in [0.3, 0.4) is 0 Å². The van der Waals surface area contributed by atoms with Crippen LogP contribution in [0.15, 0.2) is 79.4 Å². The average molecular weight is 348 g/mol. The maximum absolute atomic E-state index is 9.93. The van der Waals surface area contributed by atoms with E-state index in [9.17, 15) is 5.11 Å². The summed E-state index contributed by atoms with van der Waals surface area (Å²) in [6.45, 7) is 10.5. The molecule has 0 bridgehead atoms. The van der Waals surface area contributed by atoms with Crippen LogP contribution in [0.25, 0.3) is 0 Å². The molecule has 1 fully saturated rings. The van der Waals surface area contributed by atoms with Gasteiger partial charge in [-0.25, -0.2) is 0 Å². The lowest BCUT2D eigenvalue weighted by atomic mass is 9.62. The minimum atomic E-state index is -0.185. The van der Waals surface area contributed by atoms with Crippen LogP contribution in [0.4, 0.5) is 0 Å². The molecule has 1 N–H and O–H groups in total. The van der Waals surface area contributed by atoms with Gasteiger partial charge in [0.15, 0.2) is 0 Å². The van der Waals surface area contributed by atoms with Gasteiger partial charge in [0.1, 0.15) is 11.5 Å². The van der Waals surface area contributed by atoms with E-state index in [1.165, 1.54) is 11.1 Å². The lowest BCUT2D eigenvalue weighted by Gasteiger charge is -2.43. The Morgan fingerprint density at radius 2 is 1.81 bits per heavy atom. The maximum Gasteiger partial charge on any atom is 0.127 e. The zero-order valence-electron chi connectivity index (χ0n) is 15.5. The first-order chi connectivity index (χ1) is 12.6. The summed E-state index contributed by atoms with van der Waals surface area (Å²) >= 11 is 0. The fourth-order valence-electron chi connectivity index (χ4n) is 4.07. The lowest BCUT2D eigenvalue weighted by molar-refractivity contribution is 0.100. The summed E-state index contributed by atoms with van der Waals surface area (Å²) in [7, 11) is 0. The quantitative estimate of drug-likeness (QED) is 0.639. The van der Waals surface area contributed by atoms with Crippen molar-refractivity contribution in [3.63, 3.8) is 0 Å². The topological polar surface area (TPSA) is 29.5 Å². The fraction of sp³-hybridized carbons (Fsp3) is 0.333. The van der Waals surface area contributed by atoms with Gasteiger partial charge in [0.2, 0.25) is 0 Å². The number of para-hydroxylation sites is 1. The maximum atomic E-state index is 9.93. The third-order valence-corrected chi connectivity index (χ3v) is 5.73. The SMILES string of the molecule is C=C[C@]1(CO)CC[C@@H](C(=C)C)[C@H](c2ccc(Oc3ccccc3)cc2)C1. The minimum Gasteiger partial charge on any atom is -0.457 e. The highest BCUT2D eigenvalue weighted by atomic mass is 16.5. The van der Waals surface area contributed by atoms with E-state index in [2.05, 4.69) is 32.2 Å². The standard InChI is InChI=1S/C24H28O2/c1-4-24(17-25)15-14-22(18(2)3)23(16-24)19-10-12-21(13-11-19)26-20-8-6-5-7-9-20/h4-13,22-23,25H,1-2,14-17H2,3H3/t22-,23-,24-/m0/s1. The normalized spacial score (nSPS) is 25.5. The zero-order chi connectivity index (χ0) is 18.6. The summed E-state index contributed by atoms with van der Waals surface area (Å²) in [5, 5.41) is 9.93. The molecule has 1 aliphatic rings. The van der Waals surface area contributed by atoms with Crippen molar-refractivity contribution in [1.82, 2.24) is 0 Å². The third-order valence-electron chi connectivity index (χ3n) is 5.73. The minimum absolute atomic E-state index is 0.158. The van der Waals surface area contributed by atoms with Crippen LogP contribution < -0.4 is 4.74 Å². The molecule has 0 unspecified atom stereocenters. The van der Waals surface area contributed by atoms with Crippen molar-refractivity contribution >= 4 is 0 Å². The van der Waals surface area contributed by atoms with E-state index in [0.29, 0.717) is 11.8 Å². The number of hydrogen-bond acceptors (Lipinski definition) is 2. The number of aliphatic hydroxyl groups is 1. The first-order valence-electron chi connectivity index (χ1n) is 9.29. The van der Waals surface area contributed by atoms with Crippen molar-refractivity contribution in [2.75, 3.05) is 6.61 Å². The van der Waals surface area contributed by atoms with Gasteiger partial charge in [0, 0.05) is 5.41 Å². The van der Waals surface area contributed by atoms with E-state index in [0.717, 1.165) is 30.8 Å². The molecule has 3 rings (SSSR count). The van der Waals surface area contributed by atoms with Crippen LogP contribution in [0.2, 0.25) is 0 Å². The molecule has 2 nitrogen and oxygen atoms in total. The smallest absolute Gasteiger partial charge is 0.127 e. The second-order valence-corrected chi connectivity index (χ2v) is 7.51. The number of rotatable bonds is 6. The first kappa shape index (κ1) is 18.5. The van der Waals surface area contributed by atoms with Crippen LogP contribution in [0.5, 0.6) is 11.5 Å². The Morgan fingerprint density at radius 1 is 1.15 bits per heavy atom. The van der Waals surface area contributed by atoms with Crippen molar-refractivity contribution in [3.05, 3.63) is 85.0 Å². The summed E-state index contributed by atoms with van der Waals surface area (Å²) in [6, 6.07) is 18.2. The number of hydrogen-bond donors (Lipinski definition) is 1. The zero-order valence-corrected chi connectivity index (χ0v) is 15.5. The van der Waals surface area contributed by atoms with E-state index in [1.54, 1.807) is 0 Å². The highest BCUT2D eigenvalue weighted by Gasteiger charge is 2.39. The molecule has 1 aliphatic carbocycles. The predicted molar refractivity (Wildman–Crippen MR) is 108 cm³/mol. The van der Waals surface area contributed by atoms with Gasteiger partial charge in [-0.15, -0.1) is 6.58 Å². The Bertz CT molecular complexity index is 748. The molecule has 0 radical (unpaired) electrons. The van der Waals surface area contributed by atoms with Gasteiger partial charge in [0.25, 0.3) is 0 Å². The molecule has 26 heavy (non-hydrogen) atoms. The van der Waals surface area contributed by atoms with Gasteiger partial charge in [-0.1, -0.05) is 48.6 Å². The molecule has 136 valence electrons. The molecule has 0 spiro atoms. The van der Waals surface area contributed by atoms with Gasteiger partial charge in [-0.05, 0) is 67.9 Å². The number of allylic oxidation sites excluding steroid dienone is 1.